The number of para-hydroxylation sites is 2. The van der Waals surface area contributed by atoms with E-state index >= 15 is 0 Å². The van der Waals surface area contributed by atoms with Crippen LogP contribution in [-0.2, 0) is 6.54 Å². The van der Waals surface area contributed by atoms with Crippen molar-refractivity contribution < 1.29 is 18.0 Å². The number of rotatable bonds is 7. The van der Waals surface area contributed by atoms with E-state index in [1.807, 2.05) is 48.5 Å². The van der Waals surface area contributed by atoms with Gasteiger partial charge in [0.25, 0.3) is 12.3 Å². The first kappa shape index (κ1) is 26.8. The number of carbonyl (C=O) groups excluding carboxylic acids is 1. The number of pyridine rings is 1. The number of hydrogen-bond acceptors (Lipinski definition) is 6. The monoisotopic (exact) mass is 578 g/mol. The Morgan fingerprint density at radius 3 is 2.59 bits per heavy atom. The standard InChI is InChI=1S/C29H25ClF2N6O3/c30-19-13-22(25(26(31)32)33-14-19)27(39)35-20-10-8-17(9-11-20)15-37-23-6-1-2-7-24(23)38(29(37)40)21-5-3-4-18(12-21)28-36-34-16-41-28/h1-7,12-14,16-17,20,26H,8-11,15H2,(H,35,39)/t17-,20-. The smallest absolute Gasteiger partial charge is 0.333 e. The van der Waals surface area contributed by atoms with E-state index in [0.29, 0.717) is 36.5 Å². The third kappa shape index (κ3) is 5.37. The van der Waals surface area contributed by atoms with Gasteiger partial charge in [0.2, 0.25) is 12.3 Å². The van der Waals surface area contributed by atoms with Crippen molar-refractivity contribution in [1.82, 2.24) is 29.6 Å². The maximum atomic E-state index is 13.8. The summed E-state index contributed by atoms with van der Waals surface area (Å²) in [5, 5.41) is 10.7. The molecular formula is C29H25ClF2N6O3. The summed E-state index contributed by atoms with van der Waals surface area (Å²) < 4.78 is 35.5. The highest BCUT2D eigenvalue weighted by atomic mass is 35.5. The molecule has 6 rings (SSSR count). The van der Waals surface area contributed by atoms with Crippen LogP contribution in [0.1, 0.15) is 48.2 Å². The van der Waals surface area contributed by atoms with Gasteiger partial charge in [0.15, 0.2) is 0 Å². The number of nitrogens with one attached hydrogen (secondary N) is 1. The number of hydrogen-bond donors (Lipinski definition) is 1. The molecule has 5 aromatic rings. The van der Waals surface area contributed by atoms with Crippen LogP contribution in [0.15, 0.2) is 76.4 Å². The number of amides is 1. The van der Waals surface area contributed by atoms with Gasteiger partial charge in [-0.05, 0) is 68.0 Å². The normalized spacial score (nSPS) is 17.3. The van der Waals surface area contributed by atoms with Crippen LogP contribution in [0.5, 0.6) is 0 Å². The first-order valence-corrected chi connectivity index (χ1v) is 13.6. The van der Waals surface area contributed by atoms with Gasteiger partial charge in [-0.3, -0.25) is 18.9 Å². The molecule has 3 aromatic heterocycles. The molecule has 210 valence electrons. The molecule has 1 fully saturated rings. The largest absolute Gasteiger partial charge is 0.423 e. The van der Waals surface area contributed by atoms with E-state index in [-0.39, 0.29) is 28.2 Å². The summed E-state index contributed by atoms with van der Waals surface area (Å²) in [5.74, 6) is -0.0420. The zero-order valence-corrected chi connectivity index (χ0v) is 22.5. The lowest BCUT2D eigenvalue weighted by molar-refractivity contribution is 0.0904. The first-order chi connectivity index (χ1) is 19.9. The molecule has 3 heterocycles. The number of halogens is 3. The van der Waals surface area contributed by atoms with Gasteiger partial charge < -0.3 is 9.73 Å². The molecule has 0 radical (unpaired) electrons. The molecule has 0 aliphatic heterocycles. The number of fused-ring (bicyclic) bond motifs is 1. The van der Waals surface area contributed by atoms with Crippen molar-refractivity contribution >= 4 is 28.5 Å². The Bertz CT molecular complexity index is 1760. The number of aromatic nitrogens is 5. The van der Waals surface area contributed by atoms with E-state index in [1.165, 1.54) is 12.5 Å². The van der Waals surface area contributed by atoms with Gasteiger partial charge in [0.1, 0.15) is 5.69 Å². The van der Waals surface area contributed by atoms with Crippen molar-refractivity contribution in [2.75, 3.05) is 0 Å². The second kappa shape index (κ2) is 11.2. The van der Waals surface area contributed by atoms with Gasteiger partial charge in [0.05, 0.1) is 27.3 Å². The summed E-state index contributed by atoms with van der Waals surface area (Å²) >= 11 is 5.90. The first-order valence-electron chi connectivity index (χ1n) is 13.2. The SMILES string of the molecule is O=C(N[C@H]1CC[C@H](Cn2c(=O)n(-c3cccc(-c4nnco4)c3)c3ccccc32)CC1)c1cc(Cl)cnc1C(F)F. The summed E-state index contributed by atoms with van der Waals surface area (Å²) in [4.78, 5) is 30.2. The average molecular weight is 579 g/mol. The number of carbonyl (C=O) groups is 1. The van der Waals surface area contributed by atoms with Crippen molar-refractivity contribution in [3.05, 3.63) is 94.0 Å². The number of alkyl halides is 2. The van der Waals surface area contributed by atoms with E-state index in [1.54, 1.807) is 9.13 Å². The Morgan fingerprint density at radius 1 is 1.07 bits per heavy atom. The maximum Gasteiger partial charge on any atom is 0.333 e. The van der Waals surface area contributed by atoms with Crippen LogP contribution < -0.4 is 11.0 Å². The minimum atomic E-state index is -2.88. The molecule has 0 unspecified atom stereocenters. The van der Waals surface area contributed by atoms with Crippen molar-refractivity contribution in [1.29, 1.82) is 0 Å². The van der Waals surface area contributed by atoms with Gasteiger partial charge in [-0.25, -0.2) is 13.6 Å². The summed E-state index contributed by atoms with van der Waals surface area (Å²) in [7, 11) is 0. The van der Waals surface area contributed by atoms with Crippen LogP contribution in [0, 0.1) is 5.92 Å². The lowest BCUT2D eigenvalue weighted by Gasteiger charge is -2.29. The van der Waals surface area contributed by atoms with E-state index in [4.69, 9.17) is 16.0 Å². The minimum absolute atomic E-state index is 0.120. The molecule has 0 saturated heterocycles. The van der Waals surface area contributed by atoms with Crippen LogP contribution in [0.3, 0.4) is 0 Å². The Kier molecular flexibility index (Phi) is 7.36. The molecule has 1 aliphatic rings. The predicted octanol–water partition coefficient (Wildman–Crippen LogP) is 5.82. The highest BCUT2D eigenvalue weighted by Gasteiger charge is 2.27. The molecule has 41 heavy (non-hydrogen) atoms. The molecule has 9 nitrogen and oxygen atoms in total. The molecule has 0 atom stereocenters. The Hall–Kier alpha value is -4.38. The van der Waals surface area contributed by atoms with Crippen LogP contribution in [0.4, 0.5) is 8.78 Å². The molecule has 0 spiro atoms. The van der Waals surface area contributed by atoms with Gasteiger partial charge in [-0.15, -0.1) is 10.2 Å². The van der Waals surface area contributed by atoms with Crippen molar-refractivity contribution in [2.24, 2.45) is 5.92 Å². The van der Waals surface area contributed by atoms with Gasteiger partial charge >= 0.3 is 5.69 Å². The van der Waals surface area contributed by atoms with Crippen LogP contribution in [0.25, 0.3) is 28.2 Å². The van der Waals surface area contributed by atoms with E-state index < -0.39 is 18.0 Å². The lowest BCUT2D eigenvalue weighted by atomic mass is 9.85. The summed E-state index contributed by atoms with van der Waals surface area (Å²) in [6, 6.07) is 16.1. The van der Waals surface area contributed by atoms with Crippen molar-refractivity contribution in [3.63, 3.8) is 0 Å². The fraction of sp³-hybridized carbons (Fsp3) is 0.276. The van der Waals surface area contributed by atoms with E-state index in [2.05, 4.69) is 20.5 Å². The molecule has 1 saturated carbocycles. The predicted molar refractivity (Wildman–Crippen MR) is 148 cm³/mol. The zero-order chi connectivity index (χ0) is 28.5. The lowest BCUT2D eigenvalue weighted by Crippen LogP contribution is -2.39. The van der Waals surface area contributed by atoms with Crippen molar-refractivity contribution in [2.45, 2.75) is 44.7 Å². The van der Waals surface area contributed by atoms with Gasteiger partial charge in [0, 0.05) is 24.3 Å². The van der Waals surface area contributed by atoms with Crippen LogP contribution in [-0.4, -0.2) is 36.3 Å². The zero-order valence-electron chi connectivity index (χ0n) is 21.7. The number of imidazole rings is 1. The number of benzene rings is 2. The maximum absolute atomic E-state index is 13.8. The van der Waals surface area contributed by atoms with Crippen LogP contribution in [0.2, 0.25) is 5.02 Å². The molecule has 1 amide bonds. The quantitative estimate of drug-likeness (QED) is 0.261. The van der Waals surface area contributed by atoms with Crippen LogP contribution >= 0.6 is 11.6 Å². The topological polar surface area (TPSA) is 108 Å². The second-order valence-corrected chi connectivity index (χ2v) is 10.5. The Morgan fingerprint density at radius 2 is 1.85 bits per heavy atom. The number of nitrogens with zero attached hydrogens (tertiary/aromatic N) is 5. The van der Waals surface area contributed by atoms with Gasteiger partial charge in [-0.1, -0.05) is 29.8 Å². The Labute approximate surface area is 237 Å². The summed E-state index contributed by atoms with van der Waals surface area (Å²) in [6.07, 6.45) is 2.33. The molecule has 12 heteroatoms. The third-order valence-electron chi connectivity index (χ3n) is 7.51. The highest BCUT2D eigenvalue weighted by Crippen LogP contribution is 2.29. The Balaban J connectivity index is 1.19. The second-order valence-electron chi connectivity index (χ2n) is 10.1. The van der Waals surface area contributed by atoms with Crippen molar-refractivity contribution in [3.8, 4) is 17.1 Å². The molecule has 1 aliphatic carbocycles. The molecular weight excluding hydrogens is 554 g/mol. The molecule has 0 bridgehead atoms. The average Bonchev–Trinajstić information content (AvgIpc) is 3.61. The molecule has 1 N–H and O–H groups in total. The van der Waals surface area contributed by atoms with E-state index in [0.717, 1.165) is 30.1 Å². The minimum Gasteiger partial charge on any atom is -0.423 e. The summed E-state index contributed by atoms with van der Waals surface area (Å²) in [6.45, 7) is 0.518. The third-order valence-corrected chi connectivity index (χ3v) is 7.71. The van der Waals surface area contributed by atoms with Gasteiger partial charge in [-0.2, -0.15) is 0 Å². The summed E-state index contributed by atoms with van der Waals surface area (Å²) in [5.41, 5.74) is 2.05. The van der Waals surface area contributed by atoms with E-state index in [9.17, 15) is 18.4 Å². The fourth-order valence-electron chi connectivity index (χ4n) is 5.53. The highest BCUT2D eigenvalue weighted by molar-refractivity contribution is 6.30. The fourth-order valence-corrected chi connectivity index (χ4v) is 5.69. The molecule has 2 aromatic carbocycles.